The summed E-state index contributed by atoms with van der Waals surface area (Å²) in [7, 11) is 0. The van der Waals surface area contributed by atoms with Crippen LogP contribution in [0.5, 0.6) is 11.5 Å². The minimum atomic E-state index is -1.13. The average molecular weight is 385 g/mol. The van der Waals surface area contributed by atoms with E-state index < -0.39 is 5.97 Å². The Labute approximate surface area is 160 Å². The number of benzene rings is 1. The van der Waals surface area contributed by atoms with Crippen molar-refractivity contribution in [3.05, 3.63) is 41.4 Å². The second-order valence-electron chi connectivity index (χ2n) is 5.54. The van der Waals surface area contributed by atoms with Crippen LogP contribution in [0.1, 0.15) is 24.3 Å². The molecule has 3 rings (SSSR count). The van der Waals surface area contributed by atoms with E-state index in [0.29, 0.717) is 41.8 Å². The highest BCUT2D eigenvalue weighted by atomic mass is 32.1. The lowest BCUT2D eigenvalue weighted by Gasteiger charge is -2.11. The zero-order valence-electron chi connectivity index (χ0n) is 14.9. The van der Waals surface area contributed by atoms with Gasteiger partial charge in [0.2, 0.25) is 0 Å². The van der Waals surface area contributed by atoms with Gasteiger partial charge in [0.05, 0.1) is 18.9 Å². The Kier molecular flexibility index (Phi) is 5.56. The Morgan fingerprint density at radius 2 is 1.81 bits per heavy atom. The van der Waals surface area contributed by atoms with Crippen molar-refractivity contribution in [3.8, 4) is 33.5 Å². The van der Waals surface area contributed by atoms with Crippen molar-refractivity contribution in [1.29, 1.82) is 0 Å². The maximum atomic E-state index is 11.2. The van der Waals surface area contributed by atoms with E-state index in [-0.39, 0.29) is 5.69 Å². The fourth-order valence-corrected chi connectivity index (χ4v) is 3.31. The lowest BCUT2D eigenvalue weighted by atomic mass is 10.2. The molecule has 140 valence electrons. The molecule has 1 aromatic carbocycles. The second kappa shape index (κ2) is 8.05. The normalized spacial score (nSPS) is 10.6. The van der Waals surface area contributed by atoms with Gasteiger partial charge < -0.3 is 20.3 Å². The summed E-state index contributed by atoms with van der Waals surface area (Å²) < 4.78 is 11.2. The molecule has 0 aliphatic rings. The summed E-state index contributed by atoms with van der Waals surface area (Å²) in [5.74, 6) is 0.208. The standard InChI is InChI=1S/C19H19N3O4S/c1-3-25-16-6-5-11(7-17(16)26-4-2)18-22-15(10-27-18)13-8-12(20)9-14(21-13)19(23)24/h5-10H,3-4H2,1-2H3,(H2,20,21)(H,23,24). The number of pyridine rings is 1. The van der Waals surface area contributed by atoms with Gasteiger partial charge >= 0.3 is 5.97 Å². The van der Waals surface area contributed by atoms with Crippen LogP contribution in [0.3, 0.4) is 0 Å². The summed E-state index contributed by atoms with van der Waals surface area (Å²) in [5, 5.41) is 11.7. The quantitative estimate of drug-likeness (QED) is 0.634. The van der Waals surface area contributed by atoms with Crippen molar-refractivity contribution in [3.63, 3.8) is 0 Å². The fourth-order valence-electron chi connectivity index (χ4n) is 2.50. The second-order valence-corrected chi connectivity index (χ2v) is 6.40. The molecule has 0 unspecified atom stereocenters. The smallest absolute Gasteiger partial charge is 0.354 e. The third-order valence-electron chi connectivity index (χ3n) is 3.62. The van der Waals surface area contributed by atoms with E-state index in [0.717, 1.165) is 10.6 Å². The van der Waals surface area contributed by atoms with Crippen LogP contribution in [0.25, 0.3) is 22.0 Å². The first-order chi connectivity index (χ1) is 13.0. The zero-order valence-corrected chi connectivity index (χ0v) is 15.7. The Morgan fingerprint density at radius 1 is 1.07 bits per heavy atom. The van der Waals surface area contributed by atoms with E-state index >= 15 is 0 Å². The lowest BCUT2D eigenvalue weighted by molar-refractivity contribution is 0.0690. The zero-order chi connectivity index (χ0) is 19.4. The minimum absolute atomic E-state index is 0.112. The molecule has 3 N–H and O–H groups in total. The van der Waals surface area contributed by atoms with Gasteiger partial charge in [-0.15, -0.1) is 11.3 Å². The molecule has 2 aromatic heterocycles. The monoisotopic (exact) mass is 385 g/mol. The van der Waals surface area contributed by atoms with Crippen molar-refractivity contribution < 1.29 is 19.4 Å². The summed E-state index contributed by atoms with van der Waals surface area (Å²) in [6, 6.07) is 8.57. The molecule has 27 heavy (non-hydrogen) atoms. The van der Waals surface area contributed by atoms with E-state index in [9.17, 15) is 4.79 Å². The van der Waals surface area contributed by atoms with Gasteiger partial charge in [-0.3, -0.25) is 0 Å². The number of rotatable bonds is 7. The van der Waals surface area contributed by atoms with Gasteiger partial charge in [0.25, 0.3) is 0 Å². The Morgan fingerprint density at radius 3 is 2.52 bits per heavy atom. The summed E-state index contributed by atoms with van der Waals surface area (Å²) >= 11 is 1.43. The van der Waals surface area contributed by atoms with E-state index in [4.69, 9.17) is 20.3 Å². The molecule has 8 heteroatoms. The van der Waals surface area contributed by atoms with E-state index in [1.165, 1.54) is 17.4 Å². The number of hydrogen-bond donors (Lipinski definition) is 2. The molecule has 0 aliphatic carbocycles. The number of carboxylic acids is 1. The van der Waals surface area contributed by atoms with Crippen LogP contribution < -0.4 is 15.2 Å². The summed E-state index contributed by atoms with van der Waals surface area (Å²) in [4.78, 5) is 19.9. The molecule has 0 atom stereocenters. The maximum Gasteiger partial charge on any atom is 0.354 e. The third-order valence-corrected chi connectivity index (χ3v) is 4.52. The van der Waals surface area contributed by atoms with Gasteiger partial charge in [0, 0.05) is 16.6 Å². The van der Waals surface area contributed by atoms with Crippen LogP contribution in [0.2, 0.25) is 0 Å². The highest BCUT2D eigenvalue weighted by molar-refractivity contribution is 7.13. The van der Waals surface area contributed by atoms with Crippen LogP contribution in [0, 0.1) is 0 Å². The predicted octanol–water partition coefficient (Wildman–Crippen LogP) is 3.95. The van der Waals surface area contributed by atoms with Crippen molar-refractivity contribution in [2.24, 2.45) is 0 Å². The number of nitrogens with two attached hydrogens (primary N) is 1. The van der Waals surface area contributed by atoms with Crippen LogP contribution in [-0.4, -0.2) is 34.3 Å². The molecule has 0 radical (unpaired) electrons. The highest BCUT2D eigenvalue weighted by Gasteiger charge is 2.14. The van der Waals surface area contributed by atoms with Gasteiger partial charge in [-0.25, -0.2) is 14.8 Å². The summed E-state index contributed by atoms with van der Waals surface area (Å²) in [6.07, 6.45) is 0. The van der Waals surface area contributed by atoms with Gasteiger partial charge in [-0.05, 0) is 44.2 Å². The molecule has 7 nitrogen and oxygen atoms in total. The van der Waals surface area contributed by atoms with Crippen molar-refractivity contribution in [2.45, 2.75) is 13.8 Å². The number of carbonyl (C=O) groups is 1. The molecule has 0 amide bonds. The molecule has 0 spiro atoms. The number of hydrogen-bond acceptors (Lipinski definition) is 7. The first kappa shape index (κ1) is 18.7. The number of aromatic nitrogens is 2. The number of aromatic carboxylic acids is 1. The SMILES string of the molecule is CCOc1ccc(-c2nc(-c3cc(N)cc(C(=O)O)n3)cs2)cc1OCC. The lowest BCUT2D eigenvalue weighted by Crippen LogP contribution is -2.03. The molecule has 0 saturated heterocycles. The van der Waals surface area contributed by atoms with Crippen LogP contribution in [0.4, 0.5) is 5.69 Å². The number of anilines is 1. The van der Waals surface area contributed by atoms with Crippen LogP contribution in [0.15, 0.2) is 35.7 Å². The Bertz CT molecular complexity index is 971. The molecule has 0 saturated carbocycles. The third kappa shape index (κ3) is 4.17. The summed E-state index contributed by atoms with van der Waals surface area (Å²) in [5.41, 5.74) is 7.87. The minimum Gasteiger partial charge on any atom is -0.490 e. The Balaban J connectivity index is 1.96. The number of carboxylic acid groups (broad SMARTS) is 1. The number of nitrogens with zero attached hydrogens (tertiary/aromatic N) is 2. The highest BCUT2D eigenvalue weighted by Crippen LogP contribution is 2.35. The molecule has 3 aromatic rings. The van der Waals surface area contributed by atoms with E-state index in [1.807, 2.05) is 37.4 Å². The largest absolute Gasteiger partial charge is 0.490 e. The molecular formula is C19H19N3O4S. The van der Waals surface area contributed by atoms with Gasteiger partial charge in [-0.1, -0.05) is 0 Å². The number of thiazole rings is 1. The number of nitrogen functional groups attached to an aromatic ring is 1. The molecule has 2 heterocycles. The van der Waals surface area contributed by atoms with Gasteiger partial charge in [0.1, 0.15) is 10.7 Å². The predicted molar refractivity (Wildman–Crippen MR) is 104 cm³/mol. The first-order valence-electron chi connectivity index (χ1n) is 8.38. The number of ether oxygens (including phenoxy) is 2. The van der Waals surface area contributed by atoms with Crippen molar-refractivity contribution in [1.82, 2.24) is 9.97 Å². The molecule has 0 aliphatic heterocycles. The molecular weight excluding hydrogens is 366 g/mol. The maximum absolute atomic E-state index is 11.2. The van der Waals surface area contributed by atoms with E-state index in [2.05, 4.69) is 9.97 Å². The van der Waals surface area contributed by atoms with Crippen molar-refractivity contribution in [2.75, 3.05) is 18.9 Å². The van der Waals surface area contributed by atoms with Crippen LogP contribution >= 0.6 is 11.3 Å². The first-order valence-corrected chi connectivity index (χ1v) is 9.26. The topological polar surface area (TPSA) is 108 Å². The van der Waals surface area contributed by atoms with Gasteiger partial charge in [0.15, 0.2) is 17.2 Å². The van der Waals surface area contributed by atoms with Crippen molar-refractivity contribution >= 4 is 23.0 Å². The van der Waals surface area contributed by atoms with Crippen LogP contribution in [-0.2, 0) is 0 Å². The average Bonchev–Trinajstić information content (AvgIpc) is 3.13. The fraction of sp³-hybridized carbons (Fsp3) is 0.211. The van der Waals surface area contributed by atoms with E-state index in [1.54, 1.807) is 6.07 Å². The molecule has 0 bridgehead atoms. The molecule has 0 fully saturated rings. The Hall–Kier alpha value is -3.13. The summed E-state index contributed by atoms with van der Waals surface area (Å²) in [6.45, 7) is 4.90. The van der Waals surface area contributed by atoms with Gasteiger partial charge in [-0.2, -0.15) is 0 Å².